The fraction of sp³-hybridized carbons (Fsp3) is 0.974. The SMILES string of the molecule is CCCCCCCCCCCCCCCCCN(CCCCCCCCCCCCCCCCC)C(CC)C(=O)O. The fourth-order valence-electron chi connectivity index (χ4n) is 6.38. The summed E-state index contributed by atoms with van der Waals surface area (Å²) in [5.74, 6) is -0.630. The van der Waals surface area contributed by atoms with E-state index in [1.165, 1.54) is 180 Å². The zero-order valence-corrected chi connectivity index (χ0v) is 28.7. The molecule has 0 aromatic carbocycles. The number of hydrogen-bond acceptors (Lipinski definition) is 2. The van der Waals surface area contributed by atoms with E-state index in [-0.39, 0.29) is 6.04 Å². The number of carboxylic acids is 1. The summed E-state index contributed by atoms with van der Waals surface area (Å²) < 4.78 is 0. The number of hydrogen-bond donors (Lipinski definition) is 1. The van der Waals surface area contributed by atoms with Crippen molar-refractivity contribution in [1.82, 2.24) is 4.90 Å². The Kier molecular flexibility index (Phi) is 33.5. The van der Waals surface area contributed by atoms with Crippen molar-refractivity contribution in [3.8, 4) is 0 Å². The second-order valence-electron chi connectivity index (χ2n) is 13.2. The van der Waals surface area contributed by atoms with E-state index in [0.29, 0.717) is 6.42 Å². The molecule has 0 saturated carbocycles. The van der Waals surface area contributed by atoms with Gasteiger partial charge in [0.15, 0.2) is 0 Å². The van der Waals surface area contributed by atoms with E-state index in [4.69, 9.17) is 0 Å². The average Bonchev–Trinajstić information content (AvgIpc) is 2.96. The van der Waals surface area contributed by atoms with E-state index >= 15 is 0 Å². The molecular formula is C38H77NO2. The summed E-state index contributed by atoms with van der Waals surface area (Å²) in [6.45, 7) is 8.53. The van der Waals surface area contributed by atoms with E-state index in [2.05, 4.69) is 18.7 Å². The summed E-state index contributed by atoms with van der Waals surface area (Å²) in [6, 6.07) is -0.298. The van der Waals surface area contributed by atoms with Crippen molar-refractivity contribution in [3.63, 3.8) is 0 Å². The molecule has 0 radical (unpaired) electrons. The van der Waals surface area contributed by atoms with E-state index < -0.39 is 5.97 Å². The van der Waals surface area contributed by atoms with Gasteiger partial charge in [-0.05, 0) is 32.4 Å². The van der Waals surface area contributed by atoms with Gasteiger partial charge in [-0.1, -0.05) is 201 Å². The third-order valence-electron chi connectivity index (χ3n) is 9.21. The predicted octanol–water partition coefficient (Wildman–Crippen LogP) is 12.9. The van der Waals surface area contributed by atoms with Crippen LogP contribution in [0, 0.1) is 0 Å². The molecule has 0 fully saturated rings. The maximum atomic E-state index is 11.9. The van der Waals surface area contributed by atoms with Crippen LogP contribution >= 0.6 is 0 Å². The molecular weight excluding hydrogens is 502 g/mol. The lowest BCUT2D eigenvalue weighted by Crippen LogP contribution is -2.42. The summed E-state index contributed by atoms with van der Waals surface area (Å²) in [6.07, 6.45) is 42.0. The summed E-state index contributed by atoms with van der Waals surface area (Å²) in [7, 11) is 0. The molecule has 3 nitrogen and oxygen atoms in total. The molecule has 1 N–H and O–H groups in total. The van der Waals surface area contributed by atoms with Crippen molar-refractivity contribution in [2.24, 2.45) is 0 Å². The molecule has 0 saturated heterocycles. The second-order valence-corrected chi connectivity index (χ2v) is 13.2. The van der Waals surface area contributed by atoms with Crippen molar-refractivity contribution < 1.29 is 9.90 Å². The normalized spacial score (nSPS) is 12.4. The molecule has 0 rings (SSSR count). The number of nitrogens with zero attached hydrogens (tertiary/aromatic N) is 1. The molecule has 0 spiro atoms. The highest BCUT2D eigenvalue weighted by Gasteiger charge is 2.22. The predicted molar refractivity (Wildman–Crippen MR) is 183 cm³/mol. The maximum Gasteiger partial charge on any atom is 0.320 e. The van der Waals surface area contributed by atoms with Gasteiger partial charge in [0.1, 0.15) is 6.04 Å². The lowest BCUT2D eigenvalue weighted by atomic mass is 10.0. The fourth-order valence-corrected chi connectivity index (χ4v) is 6.38. The first-order valence-electron chi connectivity index (χ1n) is 19.1. The Morgan fingerprint density at radius 1 is 0.415 bits per heavy atom. The van der Waals surface area contributed by atoms with Crippen molar-refractivity contribution in [2.45, 2.75) is 226 Å². The number of aliphatic carboxylic acids is 1. The maximum absolute atomic E-state index is 11.9. The Morgan fingerprint density at radius 3 is 0.829 bits per heavy atom. The van der Waals surface area contributed by atoms with Gasteiger partial charge in [-0.15, -0.1) is 0 Å². The van der Waals surface area contributed by atoms with Gasteiger partial charge in [0, 0.05) is 0 Å². The van der Waals surface area contributed by atoms with Gasteiger partial charge < -0.3 is 5.11 Å². The molecule has 3 heteroatoms. The van der Waals surface area contributed by atoms with E-state index in [9.17, 15) is 9.90 Å². The molecule has 0 bridgehead atoms. The highest BCUT2D eigenvalue weighted by molar-refractivity contribution is 5.73. The van der Waals surface area contributed by atoms with E-state index in [1.54, 1.807) is 0 Å². The highest BCUT2D eigenvalue weighted by atomic mass is 16.4. The first kappa shape index (κ1) is 40.4. The number of rotatable bonds is 35. The van der Waals surface area contributed by atoms with Gasteiger partial charge in [0.25, 0.3) is 0 Å². The van der Waals surface area contributed by atoms with E-state index in [0.717, 1.165) is 25.9 Å². The molecule has 0 aliphatic heterocycles. The number of carboxylic acid groups (broad SMARTS) is 1. The molecule has 246 valence electrons. The first-order chi connectivity index (χ1) is 20.2. The molecule has 0 aromatic rings. The lowest BCUT2D eigenvalue weighted by molar-refractivity contribution is -0.143. The lowest BCUT2D eigenvalue weighted by Gasteiger charge is -2.28. The van der Waals surface area contributed by atoms with Crippen LogP contribution in [0.2, 0.25) is 0 Å². The Balaban J connectivity index is 3.72. The Morgan fingerprint density at radius 2 is 0.634 bits per heavy atom. The molecule has 0 amide bonds. The van der Waals surface area contributed by atoms with Crippen LogP contribution < -0.4 is 0 Å². The van der Waals surface area contributed by atoms with Gasteiger partial charge in [0.05, 0.1) is 0 Å². The van der Waals surface area contributed by atoms with Crippen LogP contribution in [-0.4, -0.2) is 35.1 Å². The van der Waals surface area contributed by atoms with Gasteiger partial charge in [-0.3, -0.25) is 9.69 Å². The van der Waals surface area contributed by atoms with Gasteiger partial charge in [0.2, 0.25) is 0 Å². The average molecular weight is 580 g/mol. The summed E-state index contributed by atoms with van der Waals surface area (Å²) in [4.78, 5) is 14.1. The molecule has 1 unspecified atom stereocenters. The minimum absolute atomic E-state index is 0.298. The zero-order chi connectivity index (χ0) is 30.1. The van der Waals surface area contributed by atoms with Crippen LogP contribution in [0.15, 0.2) is 0 Å². The molecule has 0 aliphatic carbocycles. The minimum Gasteiger partial charge on any atom is -0.480 e. The molecule has 0 aromatic heterocycles. The topological polar surface area (TPSA) is 40.5 Å². The van der Waals surface area contributed by atoms with Crippen molar-refractivity contribution in [1.29, 1.82) is 0 Å². The van der Waals surface area contributed by atoms with Crippen molar-refractivity contribution in [3.05, 3.63) is 0 Å². The zero-order valence-electron chi connectivity index (χ0n) is 28.7. The third kappa shape index (κ3) is 29.3. The van der Waals surface area contributed by atoms with Gasteiger partial charge in [-0.2, -0.15) is 0 Å². The Bertz CT molecular complexity index is 475. The van der Waals surface area contributed by atoms with Crippen LogP contribution in [0.1, 0.15) is 220 Å². The van der Waals surface area contributed by atoms with Gasteiger partial charge >= 0.3 is 5.97 Å². The third-order valence-corrected chi connectivity index (χ3v) is 9.21. The Labute approximate surface area is 259 Å². The molecule has 0 aliphatic rings. The van der Waals surface area contributed by atoms with E-state index in [1.807, 2.05) is 6.92 Å². The summed E-state index contributed by atoms with van der Waals surface area (Å²) in [5.41, 5.74) is 0. The highest BCUT2D eigenvalue weighted by Crippen LogP contribution is 2.16. The van der Waals surface area contributed by atoms with Crippen LogP contribution in [0.25, 0.3) is 0 Å². The molecule has 1 atom stereocenters. The first-order valence-corrected chi connectivity index (χ1v) is 19.1. The molecule has 41 heavy (non-hydrogen) atoms. The smallest absolute Gasteiger partial charge is 0.320 e. The molecule has 0 heterocycles. The number of carbonyl (C=O) groups is 1. The van der Waals surface area contributed by atoms with Gasteiger partial charge in [-0.25, -0.2) is 0 Å². The van der Waals surface area contributed by atoms with Crippen LogP contribution in [0.4, 0.5) is 0 Å². The van der Waals surface area contributed by atoms with Crippen molar-refractivity contribution in [2.75, 3.05) is 13.1 Å². The number of unbranched alkanes of at least 4 members (excludes halogenated alkanes) is 28. The summed E-state index contributed by atoms with van der Waals surface area (Å²) in [5, 5.41) is 9.75. The quantitative estimate of drug-likeness (QED) is 0.0759. The Hall–Kier alpha value is -0.570. The monoisotopic (exact) mass is 580 g/mol. The van der Waals surface area contributed by atoms with Crippen molar-refractivity contribution >= 4 is 5.97 Å². The second kappa shape index (κ2) is 33.9. The largest absolute Gasteiger partial charge is 0.480 e. The standard InChI is InChI=1S/C38H77NO2/c1-4-7-9-11-13-15-17-19-21-23-25-27-29-31-33-35-39(37(6-3)38(40)41)36-34-32-30-28-26-24-22-20-18-16-14-12-10-8-5-2/h37H,4-36H2,1-3H3,(H,40,41). The summed E-state index contributed by atoms with van der Waals surface area (Å²) >= 11 is 0. The minimum atomic E-state index is -0.630. The van der Waals surface area contributed by atoms with Crippen LogP contribution in [0.5, 0.6) is 0 Å². The van der Waals surface area contributed by atoms with Crippen LogP contribution in [0.3, 0.4) is 0 Å². The van der Waals surface area contributed by atoms with Crippen LogP contribution in [-0.2, 0) is 4.79 Å².